The Morgan fingerprint density at radius 3 is 3.12 bits per heavy atom. The highest BCUT2D eigenvalue weighted by atomic mass is 32.1. The molecule has 0 nitrogen and oxygen atoms in total. The summed E-state index contributed by atoms with van der Waals surface area (Å²) >= 11 is 4.15. The van der Waals surface area contributed by atoms with Crippen LogP contribution in [0.2, 0.25) is 0 Å². The molecule has 0 aliphatic heterocycles. The molecule has 42 valence electrons. The van der Waals surface area contributed by atoms with Gasteiger partial charge in [-0.25, -0.2) is 0 Å². The molecule has 0 fully saturated rings. The van der Waals surface area contributed by atoms with Gasteiger partial charge in [-0.3, -0.25) is 0 Å². The quantitative estimate of drug-likeness (QED) is 0.471. The van der Waals surface area contributed by atoms with Gasteiger partial charge in [-0.1, -0.05) is 24.3 Å². The number of hydrogen-bond donors (Lipinski definition) is 1. The van der Waals surface area contributed by atoms with Gasteiger partial charge >= 0.3 is 0 Å². The Morgan fingerprint density at radius 2 is 2.25 bits per heavy atom. The van der Waals surface area contributed by atoms with Crippen LogP contribution < -0.4 is 0 Å². The van der Waals surface area contributed by atoms with Crippen molar-refractivity contribution in [3.05, 3.63) is 35.3 Å². The van der Waals surface area contributed by atoms with Gasteiger partial charge in [-0.05, 0) is 12.5 Å². The molecule has 0 radical (unpaired) electrons. The molecule has 0 spiro atoms. The maximum atomic E-state index is 4.15. The summed E-state index contributed by atoms with van der Waals surface area (Å²) in [5.74, 6) is 0. The maximum Gasteiger partial charge on any atom is 0.00368 e. The van der Waals surface area contributed by atoms with Crippen LogP contribution in [0.15, 0.2) is 35.3 Å². The van der Waals surface area contributed by atoms with E-state index in [1.54, 1.807) is 0 Å². The summed E-state index contributed by atoms with van der Waals surface area (Å²) in [5.41, 5.74) is 0. The first-order valence-electron chi connectivity index (χ1n) is 2.62. The van der Waals surface area contributed by atoms with Crippen molar-refractivity contribution in [3.63, 3.8) is 0 Å². The fourth-order valence-corrected chi connectivity index (χ4v) is 0.760. The lowest BCUT2D eigenvalue weighted by atomic mass is 10.4. The molecule has 8 heavy (non-hydrogen) atoms. The van der Waals surface area contributed by atoms with E-state index in [2.05, 4.69) is 24.8 Å². The van der Waals surface area contributed by atoms with Gasteiger partial charge in [0.15, 0.2) is 0 Å². The molecule has 0 amide bonds. The van der Waals surface area contributed by atoms with Crippen LogP contribution >= 0.6 is 12.6 Å². The molecule has 0 aromatic carbocycles. The summed E-state index contributed by atoms with van der Waals surface area (Å²) in [6.07, 6.45) is 11.2. The summed E-state index contributed by atoms with van der Waals surface area (Å²) in [5, 5.41) is 0. The van der Waals surface area contributed by atoms with Gasteiger partial charge < -0.3 is 0 Å². The van der Waals surface area contributed by atoms with E-state index in [1.165, 1.54) is 0 Å². The van der Waals surface area contributed by atoms with E-state index in [-0.39, 0.29) is 0 Å². The number of allylic oxidation sites excluding steroid dienone is 5. The van der Waals surface area contributed by atoms with Gasteiger partial charge in [0, 0.05) is 4.91 Å². The van der Waals surface area contributed by atoms with Crippen LogP contribution in [0.4, 0.5) is 0 Å². The molecule has 0 saturated carbocycles. The SMILES string of the molecule is SC1=CC=CCC=C1. The van der Waals surface area contributed by atoms with Gasteiger partial charge in [0.25, 0.3) is 0 Å². The third-order valence-corrected chi connectivity index (χ3v) is 1.26. The van der Waals surface area contributed by atoms with Gasteiger partial charge in [-0.15, -0.1) is 12.6 Å². The molecule has 1 heteroatoms. The Hall–Kier alpha value is -0.430. The van der Waals surface area contributed by atoms with E-state index in [0.29, 0.717) is 0 Å². The third kappa shape index (κ3) is 1.58. The normalized spacial score (nSPS) is 17.9. The first kappa shape index (κ1) is 5.70. The molecule has 0 N–H and O–H groups in total. The van der Waals surface area contributed by atoms with E-state index >= 15 is 0 Å². The van der Waals surface area contributed by atoms with Crippen LogP contribution in [0, 0.1) is 0 Å². The second kappa shape index (κ2) is 2.78. The zero-order chi connectivity index (χ0) is 5.82. The Labute approximate surface area is 55.0 Å². The molecule has 0 bridgehead atoms. The number of rotatable bonds is 0. The average Bonchev–Trinajstić information content (AvgIpc) is 1.94. The standard InChI is InChI=1S/C7H8S/c8-7-5-3-1-2-4-6-7/h1,3-6,8H,2H2. The molecule has 1 rings (SSSR count). The van der Waals surface area contributed by atoms with Crippen LogP contribution in [0.5, 0.6) is 0 Å². The molecule has 0 aromatic rings. The Bertz CT molecular complexity index is 152. The predicted octanol–water partition coefficient (Wildman–Crippen LogP) is 2.32. The predicted molar refractivity (Wildman–Crippen MR) is 40.0 cm³/mol. The number of thiol groups is 1. The van der Waals surface area contributed by atoms with Crippen molar-refractivity contribution in [1.29, 1.82) is 0 Å². The lowest BCUT2D eigenvalue weighted by Gasteiger charge is -1.79. The summed E-state index contributed by atoms with van der Waals surface area (Å²) in [7, 11) is 0. The van der Waals surface area contributed by atoms with E-state index in [1.807, 2.05) is 18.2 Å². The average molecular weight is 124 g/mol. The smallest absolute Gasteiger partial charge is 0.00368 e. The maximum absolute atomic E-state index is 4.15. The van der Waals surface area contributed by atoms with Crippen LogP contribution in [-0.2, 0) is 0 Å². The minimum Gasteiger partial charge on any atom is -0.143 e. The van der Waals surface area contributed by atoms with E-state index in [9.17, 15) is 0 Å². The molecule has 0 aromatic heterocycles. The summed E-state index contributed by atoms with van der Waals surface area (Å²) in [6.45, 7) is 0. The molecule has 0 saturated heterocycles. The first-order valence-corrected chi connectivity index (χ1v) is 3.06. The first-order chi connectivity index (χ1) is 3.89. The highest BCUT2D eigenvalue weighted by molar-refractivity contribution is 7.84. The Morgan fingerprint density at radius 1 is 1.38 bits per heavy atom. The van der Waals surface area contributed by atoms with Crippen LogP contribution in [0.3, 0.4) is 0 Å². The topological polar surface area (TPSA) is 0 Å². The summed E-state index contributed by atoms with van der Waals surface area (Å²) in [4.78, 5) is 1.03. The fraction of sp³-hybridized carbons (Fsp3) is 0.143. The van der Waals surface area contributed by atoms with E-state index in [4.69, 9.17) is 0 Å². The largest absolute Gasteiger partial charge is 0.143 e. The van der Waals surface area contributed by atoms with Crippen LogP contribution in [0.25, 0.3) is 0 Å². The highest BCUT2D eigenvalue weighted by Crippen LogP contribution is 2.06. The van der Waals surface area contributed by atoms with Crippen molar-refractivity contribution in [3.8, 4) is 0 Å². The Kier molecular flexibility index (Phi) is 1.98. The van der Waals surface area contributed by atoms with Gasteiger partial charge in [0.2, 0.25) is 0 Å². The van der Waals surface area contributed by atoms with Gasteiger partial charge in [-0.2, -0.15) is 0 Å². The third-order valence-electron chi connectivity index (χ3n) is 0.964. The number of hydrogen-bond acceptors (Lipinski definition) is 1. The zero-order valence-corrected chi connectivity index (χ0v) is 5.44. The lowest BCUT2D eigenvalue weighted by molar-refractivity contribution is 1.41. The molecular formula is C7H8S. The highest BCUT2D eigenvalue weighted by Gasteiger charge is 1.81. The van der Waals surface area contributed by atoms with Gasteiger partial charge in [0.1, 0.15) is 0 Å². The fourth-order valence-electron chi connectivity index (χ4n) is 0.568. The van der Waals surface area contributed by atoms with Crippen molar-refractivity contribution >= 4 is 12.6 Å². The molecule has 1 aliphatic carbocycles. The van der Waals surface area contributed by atoms with Crippen LogP contribution in [-0.4, -0.2) is 0 Å². The second-order valence-corrected chi connectivity index (χ2v) is 2.17. The molecular weight excluding hydrogens is 116 g/mol. The summed E-state index contributed by atoms with van der Waals surface area (Å²) < 4.78 is 0. The molecule has 0 unspecified atom stereocenters. The van der Waals surface area contributed by atoms with Gasteiger partial charge in [0.05, 0.1) is 0 Å². The zero-order valence-electron chi connectivity index (χ0n) is 4.54. The minimum atomic E-state index is 1.03. The van der Waals surface area contributed by atoms with Crippen molar-refractivity contribution in [2.24, 2.45) is 0 Å². The molecule has 0 atom stereocenters. The molecule has 0 heterocycles. The monoisotopic (exact) mass is 124 g/mol. The van der Waals surface area contributed by atoms with Crippen molar-refractivity contribution in [1.82, 2.24) is 0 Å². The van der Waals surface area contributed by atoms with Crippen molar-refractivity contribution < 1.29 is 0 Å². The molecule has 1 aliphatic rings. The Balaban J connectivity index is 2.73. The second-order valence-electron chi connectivity index (χ2n) is 1.66. The van der Waals surface area contributed by atoms with E-state index in [0.717, 1.165) is 11.3 Å². The van der Waals surface area contributed by atoms with Crippen LogP contribution in [0.1, 0.15) is 6.42 Å². The summed E-state index contributed by atoms with van der Waals surface area (Å²) in [6, 6.07) is 0. The van der Waals surface area contributed by atoms with E-state index < -0.39 is 0 Å². The van der Waals surface area contributed by atoms with Crippen molar-refractivity contribution in [2.75, 3.05) is 0 Å². The minimum absolute atomic E-state index is 1.03. The van der Waals surface area contributed by atoms with Crippen molar-refractivity contribution in [2.45, 2.75) is 6.42 Å². The lowest BCUT2D eigenvalue weighted by Crippen LogP contribution is -1.55.